The number of Topliss-reactive ketones (excluding diaryl/α,β-unsaturated/α-hetero) is 1. The number of rotatable bonds is 8. The molecule has 3 heterocycles. The van der Waals surface area contributed by atoms with Gasteiger partial charge in [0.05, 0.1) is 23.9 Å². The van der Waals surface area contributed by atoms with Crippen LogP contribution >= 0.6 is 11.3 Å². The number of thiazole rings is 1. The first-order chi connectivity index (χ1) is 21.4. The molecule has 1 unspecified atom stereocenters. The van der Waals surface area contributed by atoms with E-state index in [2.05, 4.69) is 4.98 Å². The Labute approximate surface area is 257 Å². The maximum Gasteiger partial charge on any atom is 0.350 e. The molecule has 0 radical (unpaired) electrons. The number of aliphatic hydroxyl groups excluding tert-OH is 1. The third kappa shape index (κ3) is 5.49. The second-order valence-electron chi connectivity index (χ2n) is 10.0. The van der Waals surface area contributed by atoms with Gasteiger partial charge in [0, 0.05) is 5.56 Å². The van der Waals surface area contributed by atoms with Crippen molar-refractivity contribution in [3.8, 4) is 17.2 Å². The third-order valence-corrected chi connectivity index (χ3v) is 8.29. The Morgan fingerprint density at radius 1 is 1.02 bits per heavy atom. The van der Waals surface area contributed by atoms with Crippen molar-refractivity contribution >= 4 is 39.9 Å². The molecule has 1 saturated heterocycles. The Balaban J connectivity index is 1.42. The first-order valence-corrected chi connectivity index (χ1v) is 14.8. The highest BCUT2D eigenvalue weighted by molar-refractivity contribution is 7.17. The van der Waals surface area contributed by atoms with Crippen LogP contribution < -0.4 is 19.1 Å². The number of hydrogen-bond donors (Lipinski definition) is 1. The summed E-state index contributed by atoms with van der Waals surface area (Å²) in [7, 11) is 0. The monoisotopic (exact) mass is 612 g/mol. The summed E-state index contributed by atoms with van der Waals surface area (Å²) in [5.74, 6) is -1.22. The van der Waals surface area contributed by atoms with Crippen LogP contribution in [0.3, 0.4) is 0 Å². The number of nitrogens with zero attached hydrogens (tertiary/aromatic N) is 2. The van der Waals surface area contributed by atoms with Crippen LogP contribution in [0.4, 0.5) is 5.13 Å². The lowest BCUT2D eigenvalue weighted by Crippen LogP contribution is -2.29. The maximum atomic E-state index is 13.6. The van der Waals surface area contributed by atoms with E-state index in [4.69, 9.17) is 18.9 Å². The van der Waals surface area contributed by atoms with Gasteiger partial charge in [-0.15, -0.1) is 0 Å². The van der Waals surface area contributed by atoms with Gasteiger partial charge in [-0.05, 0) is 55.3 Å². The van der Waals surface area contributed by atoms with Gasteiger partial charge in [-0.1, -0.05) is 53.8 Å². The number of ketones is 1. The fourth-order valence-corrected chi connectivity index (χ4v) is 6.04. The fourth-order valence-electron chi connectivity index (χ4n) is 5.05. The Kier molecular flexibility index (Phi) is 8.03. The number of amides is 1. The standard InChI is InChI=1S/C33H28N2O8S/c1-3-40-32(39)30-19(2)34-33(44-30)35-27(21-9-12-23(13-10-21)43-18-20-7-5-4-6-8-20)26(29(37)31(35)38)28(36)22-11-14-24-25(17-22)42-16-15-41-24/h4-14,17,27,36H,3,15-16,18H2,1-2H3. The van der Waals surface area contributed by atoms with E-state index in [-0.39, 0.29) is 33.5 Å². The lowest BCUT2D eigenvalue weighted by molar-refractivity contribution is -0.132. The van der Waals surface area contributed by atoms with Crippen LogP contribution in [-0.4, -0.2) is 47.6 Å². The molecular formula is C33H28N2O8S. The number of ether oxygens (including phenoxy) is 4. The Morgan fingerprint density at radius 3 is 2.48 bits per heavy atom. The molecule has 6 rings (SSSR count). The van der Waals surface area contributed by atoms with E-state index >= 15 is 0 Å². The molecule has 1 fully saturated rings. The predicted octanol–water partition coefficient (Wildman–Crippen LogP) is 5.60. The molecule has 3 aromatic carbocycles. The summed E-state index contributed by atoms with van der Waals surface area (Å²) in [5, 5.41) is 11.7. The van der Waals surface area contributed by atoms with Crippen LogP contribution in [0.5, 0.6) is 17.2 Å². The Hall–Kier alpha value is -5.16. The van der Waals surface area contributed by atoms with Crippen LogP contribution in [0, 0.1) is 6.92 Å². The number of esters is 1. The van der Waals surface area contributed by atoms with Crippen LogP contribution in [0.1, 0.15) is 45.0 Å². The lowest BCUT2D eigenvalue weighted by Gasteiger charge is -2.23. The van der Waals surface area contributed by atoms with Gasteiger partial charge in [-0.3, -0.25) is 14.5 Å². The van der Waals surface area contributed by atoms with E-state index in [0.717, 1.165) is 16.9 Å². The van der Waals surface area contributed by atoms with Crippen LogP contribution in [-0.2, 0) is 20.9 Å². The Morgan fingerprint density at radius 2 is 1.75 bits per heavy atom. The molecule has 1 aromatic heterocycles. The molecular weight excluding hydrogens is 584 g/mol. The van der Waals surface area contributed by atoms with Gasteiger partial charge in [0.2, 0.25) is 0 Å². The summed E-state index contributed by atoms with van der Waals surface area (Å²) < 4.78 is 22.3. The average molecular weight is 613 g/mol. The van der Waals surface area contributed by atoms with E-state index in [1.54, 1.807) is 56.3 Å². The second-order valence-corrected chi connectivity index (χ2v) is 11.0. The molecule has 0 spiro atoms. The summed E-state index contributed by atoms with van der Waals surface area (Å²) in [6.07, 6.45) is 0. The SMILES string of the molecule is CCOC(=O)c1sc(N2C(=O)C(=O)C(=C(O)c3ccc4c(c3)OCCO4)C2c2ccc(OCc3ccccc3)cc2)nc1C. The van der Waals surface area contributed by atoms with Gasteiger partial charge < -0.3 is 24.1 Å². The number of fused-ring (bicyclic) bond motifs is 1. The molecule has 44 heavy (non-hydrogen) atoms. The number of aliphatic hydroxyl groups is 1. The summed E-state index contributed by atoms with van der Waals surface area (Å²) in [6.45, 7) is 4.59. The number of carbonyl (C=O) groups excluding carboxylic acids is 3. The minimum Gasteiger partial charge on any atom is -0.507 e. The van der Waals surface area contributed by atoms with E-state index in [0.29, 0.717) is 48.3 Å². The van der Waals surface area contributed by atoms with Crippen molar-refractivity contribution < 1.29 is 38.4 Å². The fraction of sp³-hybridized carbons (Fsp3) is 0.212. The lowest BCUT2D eigenvalue weighted by atomic mass is 9.95. The molecule has 0 saturated carbocycles. The largest absolute Gasteiger partial charge is 0.507 e. The van der Waals surface area contributed by atoms with Crippen molar-refractivity contribution in [2.24, 2.45) is 0 Å². The highest BCUT2D eigenvalue weighted by Crippen LogP contribution is 2.45. The smallest absolute Gasteiger partial charge is 0.350 e. The molecule has 4 aromatic rings. The minimum absolute atomic E-state index is 0.128. The molecule has 1 N–H and O–H groups in total. The topological polar surface area (TPSA) is 124 Å². The molecule has 2 aliphatic heterocycles. The molecule has 0 bridgehead atoms. The minimum atomic E-state index is -1.05. The molecule has 11 heteroatoms. The molecule has 0 aliphatic carbocycles. The van der Waals surface area contributed by atoms with Crippen LogP contribution in [0.25, 0.3) is 5.76 Å². The third-order valence-electron chi connectivity index (χ3n) is 7.16. The number of aromatic nitrogens is 1. The van der Waals surface area contributed by atoms with Crippen molar-refractivity contribution in [1.29, 1.82) is 0 Å². The first-order valence-electron chi connectivity index (χ1n) is 14.0. The van der Waals surface area contributed by atoms with Gasteiger partial charge in [0.15, 0.2) is 16.6 Å². The van der Waals surface area contributed by atoms with Crippen molar-refractivity contribution in [3.63, 3.8) is 0 Å². The molecule has 2 aliphatic rings. The van der Waals surface area contributed by atoms with E-state index in [1.165, 1.54) is 4.90 Å². The van der Waals surface area contributed by atoms with Crippen molar-refractivity contribution in [3.05, 3.63) is 106 Å². The zero-order valence-corrected chi connectivity index (χ0v) is 24.8. The van der Waals surface area contributed by atoms with Gasteiger partial charge in [0.1, 0.15) is 36.2 Å². The highest BCUT2D eigenvalue weighted by atomic mass is 32.1. The number of benzene rings is 3. The normalized spacial score (nSPS) is 17.0. The number of anilines is 1. The van der Waals surface area contributed by atoms with E-state index in [9.17, 15) is 19.5 Å². The van der Waals surface area contributed by atoms with Gasteiger partial charge >= 0.3 is 11.9 Å². The van der Waals surface area contributed by atoms with Crippen LogP contribution in [0.2, 0.25) is 0 Å². The van der Waals surface area contributed by atoms with Gasteiger partial charge in [-0.25, -0.2) is 9.78 Å². The number of carbonyl (C=O) groups is 3. The number of aryl methyl sites for hydroxylation is 1. The predicted molar refractivity (Wildman–Crippen MR) is 162 cm³/mol. The molecule has 1 amide bonds. The molecule has 10 nitrogen and oxygen atoms in total. The average Bonchev–Trinajstić information content (AvgIpc) is 3.56. The van der Waals surface area contributed by atoms with Gasteiger partial charge in [-0.2, -0.15) is 0 Å². The van der Waals surface area contributed by atoms with E-state index < -0.39 is 23.7 Å². The van der Waals surface area contributed by atoms with Crippen LogP contribution in [0.15, 0.2) is 78.4 Å². The quantitative estimate of drug-likeness (QED) is 0.117. The summed E-state index contributed by atoms with van der Waals surface area (Å²) in [5.41, 5.74) is 2.04. The first kappa shape index (κ1) is 28.9. The summed E-state index contributed by atoms with van der Waals surface area (Å²) in [6, 6.07) is 20.4. The molecule has 224 valence electrons. The maximum absolute atomic E-state index is 13.6. The summed E-state index contributed by atoms with van der Waals surface area (Å²) >= 11 is 0.948. The molecule has 1 atom stereocenters. The Bertz CT molecular complexity index is 1760. The van der Waals surface area contributed by atoms with Crippen molar-refractivity contribution in [2.45, 2.75) is 26.5 Å². The number of hydrogen-bond acceptors (Lipinski definition) is 10. The summed E-state index contributed by atoms with van der Waals surface area (Å²) in [4.78, 5) is 45.7. The highest BCUT2D eigenvalue weighted by Gasteiger charge is 2.48. The zero-order chi connectivity index (χ0) is 30.8. The van der Waals surface area contributed by atoms with Crippen molar-refractivity contribution in [2.75, 3.05) is 24.7 Å². The van der Waals surface area contributed by atoms with Gasteiger partial charge in [0.25, 0.3) is 5.78 Å². The van der Waals surface area contributed by atoms with Crippen molar-refractivity contribution in [1.82, 2.24) is 4.98 Å². The van der Waals surface area contributed by atoms with E-state index in [1.807, 2.05) is 30.3 Å². The second kappa shape index (κ2) is 12.2. The zero-order valence-electron chi connectivity index (χ0n) is 23.9.